The number of H-pyrrole nitrogens is 1. The average molecular weight is 349 g/mol. The van der Waals surface area contributed by atoms with Crippen molar-refractivity contribution in [2.75, 3.05) is 13.7 Å². The van der Waals surface area contributed by atoms with E-state index < -0.39 is 0 Å². The van der Waals surface area contributed by atoms with Crippen molar-refractivity contribution >= 4 is 21.8 Å². The summed E-state index contributed by atoms with van der Waals surface area (Å²) in [6.07, 6.45) is 3.94. The van der Waals surface area contributed by atoms with Crippen LogP contribution in [0.15, 0.2) is 41.0 Å². The van der Waals surface area contributed by atoms with Gasteiger partial charge in [0.1, 0.15) is 5.75 Å². The molecule has 2 aromatic rings. The number of hydrogen-bond acceptors (Lipinski definition) is 2. The predicted octanol–water partition coefficient (Wildman–Crippen LogP) is 3.76. The molecule has 1 fully saturated rings. The molecular weight excluding hydrogens is 332 g/mol. The molecule has 2 heterocycles. The van der Waals surface area contributed by atoms with Crippen molar-refractivity contribution < 1.29 is 9.53 Å². The van der Waals surface area contributed by atoms with Crippen molar-refractivity contribution in [3.8, 4) is 5.75 Å². The fourth-order valence-electron chi connectivity index (χ4n) is 2.85. The molecule has 5 heteroatoms. The number of halogens is 1. The second kappa shape index (κ2) is 5.93. The zero-order chi connectivity index (χ0) is 14.8. The van der Waals surface area contributed by atoms with Crippen LogP contribution in [0.25, 0.3) is 0 Å². The highest BCUT2D eigenvalue weighted by Gasteiger charge is 2.31. The van der Waals surface area contributed by atoms with Gasteiger partial charge < -0.3 is 14.6 Å². The normalized spacial score (nSPS) is 18.0. The van der Waals surface area contributed by atoms with Gasteiger partial charge >= 0.3 is 0 Å². The largest absolute Gasteiger partial charge is 0.496 e. The van der Waals surface area contributed by atoms with Gasteiger partial charge in [-0.1, -0.05) is 0 Å². The number of ether oxygens (including phenoxy) is 1. The van der Waals surface area contributed by atoms with E-state index in [2.05, 4.69) is 20.9 Å². The standard InChI is InChI=1S/C16H17BrN2O2/c1-21-15-7-6-11(10-12(15)17)16(20)19-9-3-5-14(19)13-4-2-8-18-13/h2,4,6-8,10,14,18H,3,5,9H2,1H3/t14-/m1/s1. The van der Waals surface area contributed by atoms with Crippen molar-refractivity contribution in [2.45, 2.75) is 18.9 Å². The number of benzene rings is 1. The Morgan fingerprint density at radius 3 is 2.95 bits per heavy atom. The molecule has 1 aliphatic heterocycles. The second-order valence-electron chi connectivity index (χ2n) is 5.13. The molecule has 0 saturated carbocycles. The Morgan fingerprint density at radius 2 is 2.29 bits per heavy atom. The van der Waals surface area contributed by atoms with Crippen LogP contribution in [-0.4, -0.2) is 29.4 Å². The molecule has 1 aliphatic rings. The number of carbonyl (C=O) groups excluding carboxylic acids is 1. The van der Waals surface area contributed by atoms with E-state index in [0.717, 1.165) is 35.3 Å². The summed E-state index contributed by atoms with van der Waals surface area (Å²) in [5.41, 5.74) is 1.79. The van der Waals surface area contributed by atoms with Crippen LogP contribution in [0.4, 0.5) is 0 Å². The van der Waals surface area contributed by atoms with Crippen LogP contribution in [-0.2, 0) is 0 Å². The minimum absolute atomic E-state index is 0.0652. The van der Waals surface area contributed by atoms with E-state index in [0.29, 0.717) is 5.56 Å². The van der Waals surface area contributed by atoms with Gasteiger partial charge in [-0.25, -0.2) is 0 Å². The van der Waals surface area contributed by atoms with Gasteiger partial charge in [0.15, 0.2) is 0 Å². The molecule has 1 N–H and O–H groups in total. The van der Waals surface area contributed by atoms with Gasteiger partial charge in [-0.3, -0.25) is 4.79 Å². The number of amides is 1. The Bertz CT molecular complexity index is 640. The Kier molecular flexibility index (Phi) is 4.01. The molecular formula is C16H17BrN2O2. The van der Waals surface area contributed by atoms with Crippen molar-refractivity contribution in [3.63, 3.8) is 0 Å². The van der Waals surface area contributed by atoms with Gasteiger partial charge in [0.2, 0.25) is 0 Å². The Hall–Kier alpha value is -1.75. The van der Waals surface area contributed by atoms with E-state index >= 15 is 0 Å². The maximum Gasteiger partial charge on any atom is 0.254 e. The van der Waals surface area contributed by atoms with Crippen molar-refractivity contribution in [2.24, 2.45) is 0 Å². The second-order valence-corrected chi connectivity index (χ2v) is 5.99. The minimum atomic E-state index is 0.0652. The van der Waals surface area contributed by atoms with E-state index in [9.17, 15) is 4.79 Å². The molecule has 4 nitrogen and oxygen atoms in total. The number of aromatic amines is 1. The minimum Gasteiger partial charge on any atom is -0.496 e. The van der Waals surface area contributed by atoms with E-state index in [1.54, 1.807) is 7.11 Å². The summed E-state index contributed by atoms with van der Waals surface area (Å²) in [6.45, 7) is 0.798. The summed E-state index contributed by atoms with van der Waals surface area (Å²) in [4.78, 5) is 17.9. The summed E-state index contributed by atoms with van der Waals surface area (Å²) < 4.78 is 6.01. The number of nitrogens with zero attached hydrogens (tertiary/aromatic N) is 1. The first-order valence-electron chi connectivity index (χ1n) is 6.98. The molecule has 0 aliphatic carbocycles. The molecule has 110 valence electrons. The smallest absolute Gasteiger partial charge is 0.254 e. The van der Waals surface area contributed by atoms with Gasteiger partial charge in [0, 0.05) is 24.0 Å². The first kappa shape index (κ1) is 14.2. The fraction of sp³-hybridized carbons (Fsp3) is 0.312. The Labute approximate surface area is 132 Å². The van der Waals surface area contributed by atoms with E-state index in [1.165, 1.54) is 0 Å². The highest BCUT2D eigenvalue weighted by atomic mass is 79.9. The van der Waals surface area contributed by atoms with Gasteiger partial charge in [0.05, 0.1) is 17.6 Å². The monoisotopic (exact) mass is 348 g/mol. The lowest BCUT2D eigenvalue weighted by Crippen LogP contribution is -2.30. The number of methoxy groups -OCH3 is 1. The quantitative estimate of drug-likeness (QED) is 0.917. The van der Waals surface area contributed by atoms with Gasteiger partial charge in [-0.2, -0.15) is 0 Å². The van der Waals surface area contributed by atoms with Crippen LogP contribution in [0.5, 0.6) is 5.75 Å². The third-order valence-corrected chi connectivity index (χ3v) is 4.51. The summed E-state index contributed by atoms with van der Waals surface area (Å²) in [6, 6.07) is 9.62. The summed E-state index contributed by atoms with van der Waals surface area (Å²) in [5.74, 6) is 0.796. The van der Waals surface area contributed by atoms with Crippen LogP contribution in [0.1, 0.15) is 34.9 Å². The van der Waals surface area contributed by atoms with Crippen LogP contribution < -0.4 is 4.74 Å². The Morgan fingerprint density at radius 1 is 1.43 bits per heavy atom. The summed E-state index contributed by atoms with van der Waals surface area (Å²) >= 11 is 3.44. The lowest BCUT2D eigenvalue weighted by Gasteiger charge is -2.24. The fourth-order valence-corrected chi connectivity index (χ4v) is 3.39. The molecule has 0 spiro atoms. The molecule has 1 saturated heterocycles. The van der Waals surface area contributed by atoms with Gasteiger partial charge in [0.25, 0.3) is 5.91 Å². The number of rotatable bonds is 3. The molecule has 3 rings (SSSR count). The number of hydrogen-bond donors (Lipinski definition) is 1. The number of carbonyl (C=O) groups is 1. The first-order chi connectivity index (χ1) is 10.2. The SMILES string of the molecule is COc1ccc(C(=O)N2CCC[C@@H]2c2ccc[nH]2)cc1Br. The molecule has 1 aromatic carbocycles. The van der Waals surface area contributed by atoms with E-state index in [4.69, 9.17) is 4.74 Å². The summed E-state index contributed by atoms with van der Waals surface area (Å²) in [7, 11) is 1.61. The molecule has 0 bridgehead atoms. The molecule has 0 unspecified atom stereocenters. The lowest BCUT2D eigenvalue weighted by atomic mass is 10.1. The zero-order valence-electron chi connectivity index (χ0n) is 11.8. The third-order valence-electron chi connectivity index (χ3n) is 3.89. The van der Waals surface area contributed by atoms with Crippen molar-refractivity contribution in [1.29, 1.82) is 0 Å². The average Bonchev–Trinajstić information content (AvgIpc) is 3.16. The van der Waals surface area contributed by atoms with Crippen LogP contribution in [0.3, 0.4) is 0 Å². The van der Waals surface area contributed by atoms with E-state index in [1.807, 2.05) is 41.4 Å². The zero-order valence-corrected chi connectivity index (χ0v) is 13.4. The van der Waals surface area contributed by atoms with E-state index in [-0.39, 0.29) is 11.9 Å². The lowest BCUT2D eigenvalue weighted by molar-refractivity contribution is 0.0733. The maximum atomic E-state index is 12.8. The van der Waals surface area contributed by atoms with Crippen molar-refractivity contribution in [3.05, 3.63) is 52.3 Å². The topological polar surface area (TPSA) is 45.3 Å². The molecule has 0 radical (unpaired) electrons. The number of aromatic nitrogens is 1. The predicted molar refractivity (Wildman–Crippen MR) is 84.5 cm³/mol. The first-order valence-corrected chi connectivity index (χ1v) is 7.78. The molecule has 1 aromatic heterocycles. The van der Waals surface area contributed by atoms with Gasteiger partial charge in [-0.15, -0.1) is 0 Å². The molecule has 1 amide bonds. The highest BCUT2D eigenvalue weighted by Crippen LogP contribution is 2.33. The highest BCUT2D eigenvalue weighted by molar-refractivity contribution is 9.10. The van der Waals surface area contributed by atoms with Crippen LogP contribution in [0.2, 0.25) is 0 Å². The van der Waals surface area contributed by atoms with Gasteiger partial charge in [-0.05, 0) is 59.1 Å². The number of likely N-dealkylation sites (tertiary alicyclic amines) is 1. The molecule has 21 heavy (non-hydrogen) atoms. The molecule has 1 atom stereocenters. The Balaban J connectivity index is 1.86. The number of nitrogens with one attached hydrogen (secondary N) is 1. The third kappa shape index (κ3) is 2.70. The summed E-state index contributed by atoms with van der Waals surface area (Å²) in [5, 5.41) is 0. The van der Waals surface area contributed by atoms with Crippen LogP contribution in [0, 0.1) is 0 Å². The maximum absolute atomic E-state index is 12.8. The van der Waals surface area contributed by atoms with Crippen molar-refractivity contribution in [1.82, 2.24) is 9.88 Å². The van der Waals surface area contributed by atoms with Crippen LogP contribution >= 0.6 is 15.9 Å².